The zero-order valence-electron chi connectivity index (χ0n) is 22.0. The first-order chi connectivity index (χ1) is 18.8. The lowest BCUT2D eigenvalue weighted by molar-refractivity contribution is -0.172. The van der Waals surface area contributed by atoms with Crippen molar-refractivity contribution in [1.82, 2.24) is 19.4 Å². The molecular formula is C28H31ClN4O6. The summed E-state index contributed by atoms with van der Waals surface area (Å²) < 4.78 is 18.4. The van der Waals surface area contributed by atoms with Crippen molar-refractivity contribution in [3.8, 4) is 11.5 Å². The third-order valence-electron chi connectivity index (χ3n) is 8.03. The van der Waals surface area contributed by atoms with Crippen molar-refractivity contribution in [1.29, 1.82) is 0 Å². The number of hydrogen-bond donors (Lipinski definition) is 1. The summed E-state index contributed by atoms with van der Waals surface area (Å²) in [6.07, 6.45) is 1.71. The van der Waals surface area contributed by atoms with E-state index in [1.165, 1.54) is 4.57 Å². The highest BCUT2D eigenvalue weighted by atomic mass is 35.5. The van der Waals surface area contributed by atoms with Crippen molar-refractivity contribution < 1.29 is 24.1 Å². The molecule has 1 fully saturated rings. The predicted octanol–water partition coefficient (Wildman–Crippen LogP) is 2.27. The highest BCUT2D eigenvalue weighted by Gasteiger charge is 2.44. The molecule has 2 aromatic heterocycles. The number of fused-ring (bicyclic) bond motifs is 3. The SMILES string of the molecule is CCC1(O)C(=O)OCc2c1ccn(Cc1c(Cl)nc3cc4c(cc3c1CN1CCN(C)CC1)OCCO4)c2=O. The van der Waals surface area contributed by atoms with Crippen LogP contribution in [0.5, 0.6) is 11.5 Å². The molecular weight excluding hydrogens is 524 g/mol. The summed E-state index contributed by atoms with van der Waals surface area (Å²) in [5.74, 6) is 0.565. The fraction of sp³-hybridized carbons (Fsp3) is 0.464. The van der Waals surface area contributed by atoms with Crippen LogP contribution in [-0.4, -0.2) is 76.9 Å². The van der Waals surface area contributed by atoms with Crippen molar-refractivity contribution >= 4 is 28.5 Å². The van der Waals surface area contributed by atoms with Gasteiger partial charge in [0.2, 0.25) is 0 Å². The number of aliphatic hydroxyl groups is 1. The van der Waals surface area contributed by atoms with Crippen LogP contribution in [0.3, 0.4) is 0 Å². The quantitative estimate of drug-likeness (QED) is 0.375. The molecule has 0 bridgehead atoms. The zero-order chi connectivity index (χ0) is 27.3. The highest BCUT2D eigenvalue weighted by molar-refractivity contribution is 6.30. The van der Waals surface area contributed by atoms with E-state index in [1.54, 1.807) is 19.2 Å². The number of nitrogens with zero attached hydrogens (tertiary/aromatic N) is 4. The summed E-state index contributed by atoms with van der Waals surface area (Å²) in [4.78, 5) is 35.2. The Labute approximate surface area is 230 Å². The molecule has 3 aliphatic heterocycles. The molecule has 3 aliphatic rings. The number of hydrogen-bond acceptors (Lipinski definition) is 9. The monoisotopic (exact) mass is 554 g/mol. The number of rotatable bonds is 5. The summed E-state index contributed by atoms with van der Waals surface area (Å²) in [5, 5.41) is 12.1. The number of likely N-dealkylation sites (N-methyl/N-ethyl adjacent to an activating group) is 1. The van der Waals surface area contributed by atoms with Crippen LogP contribution in [0.2, 0.25) is 5.15 Å². The van der Waals surface area contributed by atoms with Gasteiger partial charge in [-0.3, -0.25) is 9.69 Å². The van der Waals surface area contributed by atoms with Gasteiger partial charge in [-0.2, -0.15) is 0 Å². The highest BCUT2D eigenvalue weighted by Crippen LogP contribution is 2.38. The maximum atomic E-state index is 13.6. The molecule has 10 nitrogen and oxygen atoms in total. The van der Waals surface area contributed by atoms with Crippen molar-refractivity contribution in [2.24, 2.45) is 0 Å². The Balaban J connectivity index is 1.46. The number of cyclic esters (lactones) is 1. The molecule has 0 saturated carbocycles. The second-order valence-corrected chi connectivity index (χ2v) is 10.7. The van der Waals surface area contributed by atoms with E-state index in [1.807, 2.05) is 12.1 Å². The molecule has 1 unspecified atom stereocenters. The minimum atomic E-state index is -1.83. The fourth-order valence-electron chi connectivity index (χ4n) is 5.59. The third kappa shape index (κ3) is 4.55. The standard InChI is InChI=1S/C28H31ClN4O6/c1-3-28(36)21-4-5-33(26(34)20(21)16-39-27(28)35)15-19-18(14-32-8-6-31(2)7-9-32)17-12-23-24(38-11-10-37-23)13-22(17)30-25(19)29/h4-5,12-13,36H,3,6-11,14-16H2,1-2H3. The van der Waals surface area contributed by atoms with Gasteiger partial charge >= 0.3 is 5.97 Å². The average molecular weight is 555 g/mol. The molecule has 1 aromatic carbocycles. The van der Waals surface area contributed by atoms with Crippen LogP contribution in [0, 0.1) is 0 Å². The van der Waals surface area contributed by atoms with Crippen LogP contribution < -0.4 is 15.0 Å². The van der Waals surface area contributed by atoms with E-state index in [0.717, 1.165) is 42.7 Å². The first kappa shape index (κ1) is 26.1. The number of ether oxygens (including phenoxy) is 3. The number of aromatic nitrogens is 2. The first-order valence-electron chi connectivity index (χ1n) is 13.2. The van der Waals surface area contributed by atoms with E-state index in [-0.39, 0.29) is 30.7 Å². The molecule has 0 spiro atoms. The number of pyridine rings is 2. The molecule has 5 heterocycles. The number of benzene rings is 1. The summed E-state index contributed by atoms with van der Waals surface area (Å²) in [5.41, 5.74) is 0.818. The van der Waals surface area contributed by atoms with Crippen LogP contribution in [0.4, 0.5) is 0 Å². The van der Waals surface area contributed by atoms with Gasteiger partial charge in [0.15, 0.2) is 17.1 Å². The Bertz CT molecular complexity index is 1520. The van der Waals surface area contributed by atoms with Crippen molar-refractivity contribution in [3.05, 3.63) is 62.2 Å². The number of carbonyl (C=O) groups is 1. The Morgan fingerprint density at radius 2 is 1.74 bits per heavy atom. The fourth-order valence-corrected chi connectivity index (χ4v) is 5.85. The lowest BCUT2D eigenvalue weighted by Gasteiger charge is -2.33. The summed E-state index contributed by atoms with van der Waals surface area (Å²) in [6, 6.07) is 5.45. The van der Waals surface area contributed by atoms with Crippen LogP contribution in [0.25, 0.3) is 10.9 Å². The molecule has 0 amide bonds. The number of carbonyl (C=O) groups excluding carboxylic acids is 1. The minimum Gasteiger partial charge on any atom is -0.486 e. The molecule has 6 rings (SSSR count). The third-order valence-corrected chi connectivity index (χ3v) is 8.34. The Hall–Kier alpha value is -3.18. The molecule has 0 radical (unpaired) electrons. The minimum absolute atomic E-state index is 0.105. The summed E-state index contributed by atoms with van der Waals surface area (Å²) >= 11 is 6.83. The number of halogens is 1. The van der Waals surface area contributed by atoms with Crippen LogP contribution in [0.15, 0.2) is 29.2 Å². The van der Waals surface area contributed by atoms with Gasteiger partial charge in [0.25, 0.3) is 5.56 Å². The van der Waals surface area contributed by atoms with Crippen molar-refractivity contribution in [2.45, 2.75) is 38.6 Å². The van der Waals surface area contributed by atoms with E-state index in [2.05, 4.69) is 21.8 Å². The molecule has 1 N–H and O–H groups in total. The van der Waals surface area contributed by atoms with Crippen molar-refractivity contribution in [3.63, 3.8) is 0 Å². The van der Waals surface area contributed by atoms with Gasteiger partial charge in [-0.05, 0) is 31.2 Å². The van der Waals surface area contributed by atoms with E-state index < -0.39 is 11.6 Å². The van der Waals surface area contributed by atoms with Gasteiger partial charge < -0.3 is 28.8 Å². The van der Waals surface area contributed by atoms with Gasteiger partial charge in [0, 0.05) is 61.5 Å². The topological polar surface area (TPSA) is 106 Å². The molecule has 1 saturated heterocycles. The lowest BCUT2D eigenvalue weighted by atomic mass is 9.87. The van der Waals surface area contributed by atoms with Gasteiger partial charge in [-0.25, -0.2) is 9.78 Å². The van der Waals surface area contributed by atoms with Crippen LogP contribution in [-0.2, 0) is 34.8 Å². The maximum Gasteiger partial charge on any atom is 0.343 e. The second kappa shape index (κ2) is 10.1. The van der Waals surface area contributed by atoms with Gasteiger partial charge in [-0.15, -0.1) is 0 Å². The molecule has 11 heteroatoms. The normalized spacial score (nSPS) is 21.6. The Morgan fingerprint density at radius 3 is 2.46 bits per heavy atom. The predicted molar refractivity (Wildman–Crippen MR) is 144 cm³/mol. The van der Waals surface area contributed by atoms with Gasteiger partial charge in [0.05, 0.1) is 17.6 Å². The van der Waals surface area contributed by atoms with Crippen LogP contribution in [0.1, 0.15) is 35.6 Å². The molecule has 206 valence electrons. The van der Waals surface area contributed by atoms with E-state index >= 15 is 0 Å². The Morgan fingerprint density at radius 1 is 1.03 bits per heavy atom. The Kier molecular flexibility index (Phi) is 6.74. The molecule has 0 aliphatic carbocycles. The molecule has 1 atom stereocenters. The smallest absolute Gasteiger partial charge is 0.343 e. The molecule has 39 heavy (non-hydrogen) atoms. The first-order valence-corrected chi connectivity index (χ1v) is 13.6. The maximum absolute atomic E-state index is 13.6. The van der Waals surface area contributed by atoms with Crippen molar-refractivity contribution in [2.75, 3.05) is 46.4 Å². The zero-order valence-corrected chi connectivity index (χ0v) is 22.8. The van der Waals surface area contributed by atoms with Crippen LogP contribution >= 0.6 is 11.6 Å². The van der Waals surface area contributed by atoms with E-state index in [0.29, 0.717) is 47.5 Å². The largest absolute Gasteiger partial charge is 0.486 e. The number of piperazine rings is 1. The summed E-state index contributed by atoms with van der Waals surface area (Å²) in [6.45, 7) is 6.98. The van der Waals surface area contributed by atoms with Gasteiger partial charge in [-0.1, -0.05) is 18.5 Å². The summed E-state index contributed by atoms with van der Waals surface area (Å²) in [7, 11) is 2.12. The average Bonchev–Trinajstić information content (AvgIpc) is 2.94. The van der Waals surface area contributed by atoms with Gasteiger partial charge in [0.1, 0.15) is 25.0 Å². The van der Waals surface area contributed by atoms with E-state index in [4.69, 9.17) is 25.8 Å². The lowest BCUT2D eigenvalue weighted by Crippen LogP contribution is -2.44. The second-order valence-electron chi connectivity index (χ2n) is 10.4. The molecule has 3 aromatic rings. The van der Waals surface area contributed by atoms with E-state index in [9.17, 15) is 14.7 Å². The number of esters is 1.